The van der Waals surface area contributed by atoms with Crippen LogP contribution in [0.2, 0.25) is 0 Å². The summed E-state index contributed by atoms with van der Waals surface area (Å²) < 4.78 is 26.1. The van der Waals surface area contributed by atoms with Crippen molar-refractivity contribution in [1.82, 2.24) is 9.62 Å². The van der Waals surface area contributed by atoms with Gasteiger partial charge in [-0.1, -0.05) is 31.6 Å². The zero-order valence-corrected chi connectivity index (χ0v) is 14.4. The molecule has 1 aromatic carbocycles. The monoisotopic (exact) mass is 324 g/mol. The summed E-state index contributed by atoms with van der Waals surface area (Å²) in [6, 6.07) is 6.60. The van der Waals surface area contributed by atoms with Gasteiger partial charge in [-0.3, -0.25) is 4.79 Å². The van der Waals surface area contributed by atoms with Crippen LogP contribution in [0.4, 0.5) is 0 Å². The summed E-state index contributed by atoms with van der Waals surface area (Å²) in [6.45, 7) is 8.59. The molecule has 0 aliphatic heterocycles. The van der Waals surface area contributed by atoms with Crippen LogP contribution in [0, 0.1) is 0 Å². The average Bonchev–Trinajstić information content (AvgIpc) is 2.46. The van der Waals surface area contributed by atoms with Crippen LogP contribution in [0.5, 0.6) is 0 Å². The van der Waals surface area contributed by atoms with Crippen molar-refractivity contribution in [1.29, 1.82) is 0 Å². The zero-order chi connectivity index (χ0) is 16.8. The molecule has 1 N–H and O–H groups in total. The Balaban J connectivity index is 2.79. The Morgan fingerprint density at radius 3 is 2.14 bits per heavy atom. The lowest BCUT2D eigenvalue weighted by molar-refractivity contribution is -0.116. The smallest absolute Gasteiger partial charge is 0.244 e. The second kappa shape index (κ2) is 8.10. The fourth-order valence-electron chi connectivity index (χ4n) is 1.99. The number of rotatable bonds is 7. The predicted molar refractivity (Wildman–Crippen MR) is 87.8 cm³/mol. The minimum atomic E-state index is -3.43. The molecule has 1 amide bonds. The minimum Gasteiger partial charge on any atom is -0.348 e. The van der Waals surface area contributed by atoms with Crippen LogP contribution in [-0.4, -0.2) is 31.7 Å². The number of carbonyl (C=O) groups is 1. The van der Waals surface area contributed by atoms with Crippen LogP contribution in [0.1, 0.15) is 33.3 Å². The quantitative estimate of drug-likeness (QED) is 0.783. The van der Waals surface area contributed by atoms with Gasteiger partial charge in [-0.05, 0) is 31.5 Å². The van der Waals surface area contributed by atoms with Crippen molar-refractivity contribution in [2.45, 2.75) is 39.1 Å². The van der Waals surface area contributed by atoms with Crippen molar-refractivity contribution >= 4 is 15.9 Å². The molecule has 0 aliphatic rings. The molecule has 0 fully saturated rings. The largest absolute Gasteiger partial charge is 0.348 e. The normalized spacial score (nSPS) is 11.3. The van der Waals surface area contributed by atoms with Gasteiger partial charge in [-0.25, -0.2) is 8.42 Å². The highest BCUT2D eigenvalue weighted by molar-refractivity contribution is 7.89. The Morgan fingerprint density at radius 2 is 1.68 bits per heavy atom. The Kier molecular flexibility index (Phi) is 6.77. The van der Waals surface area contributed by atoms with Gasteiger partial charge >= 0.3 is 0 Å². The second-order valence-corrected chi connectivity index (χ2v) is 7.11. The molecule has 0 aliphatic carbocycles. The van der Waals surface area contributed by atoms with Crippen molar-refractivity contribution in [3.8, 4) is 0 Å². The van der Waals surface area contributed by atoms with Gasteiger partial charge in [0.25, 0.3) is 0 Å². The first-order valence-corrected chi connectivity index (χ1v) is 8.77. The number of nitrogens with one attached hydrogen (secondary N) is 1. The lowest BCUT2D eigenvalue weighted by atomic mass is 10.2. The third kappa shape index (κ3) is 4.96. The third-order valence-corrected chi connectivity index (χ3v) is 5.22. The number of amides is 1. The minimum absolute atomic E-state index is 0.153. The molecule has 0 saturated carbocycles. The summed E-state index contributed by atoms with van der Waals surface area (Å²) in [7, 11) is -3.43. The molecule has 0 heterocycles. The van der Waals surface area contributed by atoms with E-state index in [4.69, 9.17) is 0 Å². The maximum absolute atomic E-state index is 12.3. The maximum Gasteiger partial charge on any atom is 0.244 e. The molecule has 5 nitrogen and oxygen atoms in total. The van der Waals surface area contributed by atoms with E-state index in [-0.39, 0.29) is 10.8 Å². The van der Waals surface area contributed by atoms with Gasteiger partial charge < -0.3 is 5.32 Å². The standard InChI is InChI=1S/C16H24N2O3S/c1-5-18(6-2)22(20,21)15-9-7-14(8-10-15)12-17-16(19)11-13(3)4/h7-11H,5-6,12H2,1-4H3,(H,17,19). The highest BCUT2D eigenvalue weighted by Crippen LogP contribution is 2.16. The van der Waals surface area contributed by atoms with E-state index in [2.05, 4.69) is 5.32 Å². The zero-order valence-electron chi connectivity index (χ0n) is 13.6. The van der Waals surface area contributed by atoms with Gasteiger partial charge in [0.05, 0.1) is 4.90 Å². The summed E-state index contributed by atoms with van der Waals surface area (Å²) in [4.78, 5) is 11.8. The molecule has 0 spiro atoms. The fraction of sp³-hybridized carbons (Fsp3) is 0.438. The number of carbonyl (C=O) groups excluding carboxylic acids is 1. The molecule has 0 radical (unpaired) electrons. The molecule has 1 aromatic rings. The van der Waals surface area contributed by atoms with E-state index in [1.807, 2.05) is 27.7 Å². The number of nitrogens with zero attached hydrogens (tertiary/aromatic N) is 1. The summed E-state index contributed by atoms with van der Waals surface area (Å²) in [6.07, 6.45) is 1.53. The molecule has 0 atom stereocenters. The summed E-state index contributed by atoms with van der Waals surface area (Å²) in [5.74, 6) is -0.153. The molecule has 0 unspecified atom stereocenters. The van der Waals surface area contributed by atoms with Crippen molar-refractivity contribution < 1.29 is 13.2 Å². The summed E-state index contributed by atoms with van der Waals surface area (Å²) >= 11 is 0. The second-order valence-electron chi connectivity index (χ2n) is 5.17. The van der Waals surface area contributed by atoms with Gasteiger partial charge in [0.2, 0.25) is 15.9 Å². The third-order valence-electron chi connectivity index (χ3n) is 3.15. The van der Waals surface area contributed by atoms with Crippen LogP contribution < -0.4 is 5.32 Å². The van der Waals surface area contributed by atoms with Crippen LogP contribution >= 0.6 is 0 Å². The van der Waals surface area contributed by atoms with Gasteiger partial charge in [0.15, 0.2) is 0 Å². The van der Waals surface area contributed by atoms with E-state index in [1.165, 1.54) is 10.4 Å². The first-order valence-electron chi connectivity index (χ1n) is 7.33. The maximum atomic E-state index is 12.3. The van der Waals surface area contributed by atoms with Crippen LogP contribution in [0.3, 0.4) is 0 Å². The highest BCUT2D eigenvalue weighted by Gasteiger charge is 2.20. The molecule has 122 valence electrons. The fourth-order valence-corrected chi connectivity index (χ4v) is 3.45. The molecule has 22 heavy (non-hydrogen) atoms. The van der Waals surface area contributed by atoms with Crippen molar-refractivity contribution in [3.05, 3.63) is 41.5 Å². The number of hydrogen-bond acceptors (Lipinski definition) is 3. The number of sulfonamides is 1. The SMILES string of the molecule is CCN(CC)S(=O)(=O)c1ccc(CNC(=O)C=C(C)C)cc1. The van der Waals surface area contributed by atoms with Gasteiger partial charge in [-0.15, -0.1) is 0 Å². The van der Waals surface area contributed by atoms with Crippen LogP contribution in [0.15, 0.2) is 40.8 Å². The number of benzene rings is 1. The van der Waals surface area contributed by atoms with E-state index in [1.54, 1.807) is 24.3 Å². The van der Waals surface area contributed by atoms with Crippen molar-refractivity contribution in [2.24, 2.45) is 0 Å². The Morgan fingerprint density at radius 1 is 1.14 bits per heavy atom. The number of hydrogen-bond donors (Lipinski definition) is 1. The molecule has 0 bridgehead atoms. The predicted octanol–water partition coefficient (Wildman–Crippen LogP) is 2.30. The van der Waals surface area contributed by atoms with Crippen molar-refractivity contribution in [2.75, 3.05) is 13.1 Å². The van der Waals surface area contributed by atoms with E-state index < -0.39 is 10.0 Å². The topological polar surface area (TPSA) is 66.5 Å². The Hall–Kier alpha value is -1.66. The molecular formula is C16H24N2O3S. The van der Waals surface area contributed by atoms with Gasteiger partial charge in [0.1, 0.15) is 0 Å². The average molecular weight is 324 g/mol. The molecule has 6 heteroatoms. The van der Waals surface area contributed by atoms with E-state index in [0.29, 0.717) is 19.6 Å². The van der Waals surface area contributed by atoms with Gasteiger partial charge in [0, 0.05) is 25.7 Å². The van der Waals surface area contributed by atoms with E-state index in [9.17, 15) is 13.2 Å². The molecular weight excluding hydrogens is 300 g/mol. The van der Waals surface area contributed by atoms with Crippen LogP contribution in [-0.2, 0) is 21.4 Å². The highest BCUT2D eigenvalue weighted by atomic mass is 32.2. The van der Waals surface area contributed by atoms with Gasteiger partial charge in [-0.2, -0.15) is 4.31 Å². The lowest BCUT2D eigenvalue weighted by Gasteiger charge is -2.18. The van der Waals surface area contributed by atoms with E-state index >= 15 is 0 Å². The van der Waals surface area contributed by atoms with Crippen LogP contribution in [0.25, 0.3) is 0 Å². The Bertz CT molecular complexity index is 626. The Labute approximate surface area is 133 Å². The molecule has 0 aromatic heterocycles. The summed E-state index contributed by atoms with van der Waals surface area (Å²) in [5.41, 5.74) is 1.78. The first kappa shape index (κ1) is 18.4. The lowest BCUT2D eigenvalue weighted by Crippen LogP contribution is -2.30. The molecule has 1 rings (SSSR count). The first-order chi connectivity index (χ1) is 10.3. The summed E-state index contributed by atoms with van der Waals surface area (Å²) in [5, 5.41) is 2.76. The van der Waals surface area contributed by atoms with Crippen molar-refractivity contribution in [3.63, 3.8) is 0 Å². The number of allylic oxidation sites excluding steroid dienone is 1. The van der Waals surface area contributed by atoms with E-state index in [0.717, 1.165) is 11.1 Å². The molecule has 0 saturated heterocycles.